The van der Waals surface area contributed by atoms with E-state index < -0.39 is 17.4 Å². The zero-order valence-corrected chi connectivity index (χ0v) is 16.5. The predicted molar refractivity (Wildman–Crippen MR) is 101 cm³/mol. The van der Waals surface area contributed by atoms with E-state index >= 15 is 0 Å². The number of methoxy groups -OCH3 is 4. The number of rotatable bonds is 8. The second kappa shape index (κ2) is 8.20. The van der Waals surface area contributed by atoms with E-state index in [1.54, 1.807) is 19.1 Å². The second-order valence-electron chi connectivity index (χ2n) is 6.31. The minimum absolute atomic E-state index is 0.265. The Hall–Kier alpha value is -2.90. The molecule has 0 bridgehead atoms. The van der Waals surface area contributed by atoms with Crippen LogP contribution < -0.4 is 19.5 Å². The van der Waals surface area contributed by atoms with Crippen LogP contribution in [0.25, 0.3) is 10.9 Å². The molecule has 148 valence electrons. The molecule has 1 unspecified atom stereocenters. The molecule has 1 aromatic heterocycles. The average molecular weight is 378 g/mol. The van der Waals surface area contributed by atoms with Crippen molar-refractivity contribution in [2.75, 3.05) is 28.4 Å². The van der Waals surface area contributed by atoms with E-state index in [-0.39, 0.29) is 5.69 Å². The highest BCUT2D eigenvalue weighted by Gasteiger charge is 2.36. The van der Waals surface area contributed by atoms with Gasteiger partial charge in [0.15, 0.2) is 11.5 Å². The lowest BCUT2D eigenvalue weighted by atomic mass is 9.96. The Morgan fingerprint density at radius 3 is 2.26 bits per heavy atom. The SMILES string of the molecule is CCCC(C)(NC(=O)c1cc2c(OC)cc(OC)c(OC)c2[nH]1)C(=O)OC. The van der Waals surface area contributed by atoms with Crippen LogP contribution >= 0.6 is 0 Å². The summed E-state index contributed by atoms with van der Waals surface area (Å²) in [6.45, 7) is 3.57. The van der Waals surface area contributed by atoms with Gasteiger partial charge in [0.2, 0.25) is 0 Å². The molecule has 2 aromatic rings. The minimum Gasteiger partial charge on any atom is -0.496 e. The van der Waals surface area contributed by atoms with Crippen molar-refractivity contribution < 1.29 is 28.5 Å². The minimum atomic E-state index is -1.12. The van der Waals surface area contributed by atoms with Crippen molar-refractivity contribution in [3.63, 3.8) is 0 Å². The molecule has 0 aliphatic heterocycles. The Labute approximate surface area is 158 Å². The van der Waals surface area contributed by atoms with Gasteiger partial charge in [0.25, 0.3) is 5.91 Å². The van der Waals surface area contributed by atoms with E-state index in [1.165, 1.54) is 28.4 Å². The van der Waals surface area contributed by atoms with Crippen molar-refractivity contribution in [1.29, 1.82) is 0 Å². The van der Waals surface area contributed by atoms with Gasteiger partial charge in [-0.3, -0.25) is 4.79 Å². The van der Waals surface area contributed by atoms with Crippen molar-refractivity contribution in [3.05, 3.63) is 17.8 Å². The topological polar surface area (TPSA) is 98.9 Å². The number of amides is 1. The highest BCUT2D eigenvalue weighted by atomic mass is 16.5. The Morgan fingerprint density at radius 1 is 1.07 bits per heavy atom. The zero-order valence-electron chi connectivity index (χ0n) is 16.5. The third kappa shape index (κ3) is 3.79. The van der Waals surface area contributed by atoms with Crippen molar-refractivity contribution >= 4 is 22.8 Å². The number of ether oxygens (including phenoxy) is 4. The second-order valence-corrected chi connectivity index (χ2v) is 6.31. The maximum Gasteiger partial charge on any atom is 0.331 e. The molecule has 0 aliphatic carbocycles. The largest absolute Gasteiger partial charge is 0.496 e. The highest BCUT2D eigenvalue weighted by Crippen LogP contribution is 2.41. The maximum absolute atomic E-state index is 12.8. The number of hydrogen-bond donors (Lipinski definition) is 2. The molecule has 1 heterocycles. The van der Waals surface area contributed by atoms with E-state index in [9.17, 15) is 9.59 Å². The molecule has 2 N–H and O–H groups in total. The van der Waals surface area contributed by atoms with Crippen LogP contribution in [0.15, 0.2) is 12.1 Å². The van der Waals surface area contributed by atoms with Crippen LogP contribution in [0.1, 0.15) is 37.2 Å². The molecule has 0 saturated carbocycles. The number of esters is 1. The van der Waals surface area contributed by atoms with Crippen LogP contribution in [-0.4, -0.2) is 50.8 Å². The van der Waals surface area contributed by atoms with E-state index in [0.29, 0.717) is 41.0 Å². The van der Waals surface area contributed by atoms with Crippen molar-refractivity contribution in [2.24, 2.45) is 0 Å². The molecule has 0 spiro atoms. The van der Waals surface area contributed by atoms with Gasteiger partial charge in [0.1, 0.15) is 17.0 Å². The van der Waals surface area contributed by atoms with Gasteiger partial charge in [0.05, 0.1) is 34.0 Å². The van der Waals surface area contributed by atoms with Gasteiger partial charge in [0, 0.05) is 11.5 Å². The summed E-state index contributed by atoms with van der Waals surface area (Å²) in [5, 5.41) is 3.43. The van der Waals surface area contributed by atoms with Crippen LogP contribution in [0, 0.1) is 0 Å². The lowest BCUT2D eigenvalue weighted by molar-refractivity contribution is -0.147. The molecule has 1 atom stereocenters. The molecule has 8 heteroatoms. The third-order valence-electron chi connectivity index (χ3n) is 4.46. The van der Waals surface area contributed by atoms with Gasteiger partial charge in [-0.1, -0.05) is 13.3 Å². The quantitative estimate of drug-likeness (QED) is 0.685. The normalized spacial score (nSPS) is 13.0. The van der Waals surface area contributed by atoms with Crippen LogP contribution in [0.4, 0.5) is 0 Å². The number of fused-ring (bicyclic) bond motifs is 1. The molecule has 2 rings (SSSR count). The van der Waals surface area contributed by atoms with E-state index in [0.717, 1.165) is 0 Å². The number of carbonyl (C=O) groups excluding carboxylic acids is 2. The zero-order chi connectivity index (χ0) is 20.2. The van der Waals surface area contributed by atoms with Crippen molar-refractivity contribution in [1.82, 2.24) is 10.3 Å². The average Bonchev–Trinajstić information content (AvgIpc) is 3.11. The smallest absolute Gasteiger partial charge is 0.331 e. The molecule has 0 radical (unpaired) electrons. The van der Waals surface area contributed by atoms with Gasteiger partial charge in [-0.25, -0.2) is 4.79 Å². The lowest BCUT2D eigenvalue weighted by Gasteiger charge is -2.27. The summed E-state index contributed by atoms with van der Waals surface area (Å²) in [6, 6.07) is 3.33. The fourth-order valence-electron chi connectivity index (χ4n) is 3.12. The summed E-state index contributed by atoms with van der Waals surface area (Å²) in [5.41, 5.74) is -0.292. The standard InChI is InChI=1S/C19H26N2O6/c1-7-8-19(2,18(23)27-6)21-17(22)12-9-11-13(24-3)10-14(25-4)16(26-5)15(11)20-12/h9-10,20H,7-8H2,1-6H3,(H,21,22). The molecule has 1 amide bonds. The first kappa shape index (κ1) is 20.4. The summed E-state index contributed by atoms with van der Waals surface area (Å²) in [7, 11) is 5.86. The van der Waals surface area contributed by atoms with Crippen LogP contribution in [0.5, 0.6) is 17.2 Å². The number of carbonyl (C=O) groups is 2. The van der Waals surface area contributed by atoms with Crippen LogP contribution in [0.2, 0.25) is 0 Å². The lowest BCUT2D eigenvalue weighted by Crippen LogP contribution is -2.52. The Bertz CT molecular complexity index is 844. The molecule has 27 heavy (non-hydrogen) atoms. The number of hydrogen-bond acceptors (Lipinski definition) is 6. The number of nitrogens with one attached hydrogen (secondary N) is 2. The van der Waals surface area contributed by atoms with Crippen LogP contribution in [0.3, 0.4) is 0 Å². The van der Waals surface area contributed by atoms with Gasteiger partial charge in [-0.2, -0.15) is 0 Å². The summed E-state index contributed by atoms with van der Waals surface area (Å²) in [6.07, 6.45) is 1.16. The van der Waals surface area contributed by atoms with Gasteiger partial charge in [-0.05, 0) is 19.4 Å². The summed E-state index contributed by atoms with van der Waals surface area (Å²) < 4.78 is 21.0. The Kier molecular flexibility index (Phi) is 6.20. The Balaban J connectivity index is 2.49. The molecular weight excluding hydrogens is 352 g/mol. The van der Waals surface area contributed by atoms with Gasteiger partial charge >= 0.3 is 5.97 Å². The fourth-order valence-corrected chi connectivity index (χ4v) is 3.12. The molecule has 1 aromatic carbocycles. The number of H-pyrrole nitrogens is 1. The van der Waals surface area contributed by atoms with Gasteiger partial charge in [-0.15, -0.1) is 0 Å². The van der Waals surface area contributed by atoms with Gasteiger partial charge < -0.3 is 29.2 Å². The highest BCUT2D eigenvalue weighted by molar-refractivity contribution is 6.03. The monoisotopic (exact) mass is 378 g/mol. The number of benzene rings is 1. The first-order chi connectivity index (χ1) is 12.8. The molecule has 8 nitrogen and oxygen atoms in total. The molecule has 0 fully saturated rings. The summed E-state index contributed by atoms with van der Waals surface area (Å²) >= 11 is 0. The molecule has 0 saturated heterocycles. The first-order valence-corrected chi connectivity index (χ1v) is 8.57. The third-order valence-corrected chi connectivity index (χ3v) is 4.46. The van der Waals surface area contributed by atoms with Crippen LogP contribution in [-0.2, 0) is 9.53 Å². The first-order valence-electron chi connectivity index (χ1n) is 8.57. The van der Waals surface area contributed by atoms with E-state index in [4.69, 9.17) is 18.9 Å². The summed E-state index contributed by atoms with van der Waals surface area (Å²) in [4.78, 5) is 28.0. The van der Waals surface area contributed by atoms with E-state index in [1.807, 2.05) is 6.92 Å². The van der Waals surface area contributed by atoms with E-state index in [2.05, 4.69) is 10.3 Å². The van der Waals surface area contributed by atoms with Crippen molar-refractivity contribution in [2.45, 2.75) is 32.2 Å². The fraction of sp³-hybridized carbons (Fsp3) is 0.474. The number of aromatic amines is 1. The number of aromatic nitrogens is 1. The Morgan fingerprint density at radius 2 is 1.74 bits per heavy atom. The molecule has 0 aliphatic rings. The predicted octanol–water partition coefficient (Wildman–Crippen LogP) is 2.66. The molecular formula is C19H26N2O6. The summed E-state index contributed by atoms with van der Waals surface area (Å²) in [5.74, 6) is 0.529. The maximum atomic E-state index is 12.8. The van der Waals surface area contributed by atoms with Crippen molar-refractivity contribution in [3.8, 4) is 17.2 Å².